The molecule has 2 aliphatic heterocycles. The third-order valence-electron chi connectivity index (χ3n) is 11.2. The molecule has 0 radical (unpaired) electrons. The van der Waals surface area contributed by atoms with Gasteiger partial charge in [-0.25, -0.2) is 27.0 Å². The zero-order valence-corrected chi connectivity index (χ0v) is 33.3. The number of rotatable bonds is 8. The molecule has 7 unspecified atom stereocenters. The molecule has 3 heterocycles. The van der Waals surface area contributed by atoms with Gasteiger partial charge in [-0.1, -0.05) is 26.0 Å². The molecule has 0 spiro atoms. The van der Waals surface area contributed by atoms with Gasteiger partial charge in [-0.15, -0.1) is 0 Å². The Morgan fingerprint density at radius 2 is 1.86 bits per heavy atom. The molecule has 1 saturated heterocycles. The number of ether oxygens (including phenoxy) is 3. The van der Waals surface area contributed by atoms with Crippen molar-refractivity contribution in [2.24, 2.45) is 17.8 Å². The molecule has 2 saturated carbocycles. The molecule has 3 fully saturated rings. The van der Waals surface area contributed by atoms with E-state index in [2.05, 4.69) is 20.3 Å². The summed E-state index contributed by atoms with van der Waals surface area (Å²) in [5.74, 6) is -3.58. The Morgan fingerprint density at radius 3 is 2.52 bits per heavy atom. The van der Waals surface area contributed by atoms with E-state index in [1.54, 1.807) is 32.9 Å². The Morgan fingerprint density at radius 1 is 1.12 bits per heavy atom. The molecule has 1 aromatic carbocycles. The number of halogens is 2. The van der Waals surface area contributed by atoms with Gasteiger partial charge in [0.2, 0.25) is 27.7 Å². The zero-order chi connectivity index (χ0) is 40.8. The second-order valence-electron chi connectivity index (χ2n) is 16.8. The fraction of sp³-hybridized carbons (Fsp3) is 0.615. The smallest absolute Gasteiger partial charge is 0.408 e. The third kappa shape index (κ3) is 8.42. The standard InChI is InChI=1S/C39H51F2N5O9S/c1-22-9-7-8-10-24-19-39(24,35(49)45-56(51,52)38(21-40)12-13-38)44-32(47)29-18-26(54-33-28-16-25(41)17-30(53-6)27(28)11-14-42-33)20-46(29)34(48)31(23(2)15-22)43-36(50)55-37(3,4)5/h8,10-11,14,16-17,22-24,26,29,31H,7,9,12-13,15,18-21H2,1-6H3,(H,43,50)(H,44,47)(H,45,49). The van der Waals surface area contributed by atoms with Crippen molar-refractivity contribution in [3.8, 4) is 11.6 Å². The highest BCUT2D eigenvalue weighted by atomic mass is 32.2. The summed E-state index contributed by atoms with van der Waals surface area (Å²) in [5, 5.41) is 6.34. The first-order valence-corrected chi connectivity index (χ1v) is 20.5. The summed E-state index contributed by atoms with van der Waals surface area (Å²) >= 11 is 0. The molecule has 2 aromatic rings. The molecule has 0 bridgehead atoms. The highest BCUT2D eigenvalue weighted by Crippen LogP contribution is 2.48. The summed E-state index contributed by atoms with van der Waals surface area (Å²) < 4.78 is 72.4. The predicted molar refractivity (Wildman–Crippen MR) is 201 cm³/mol. The van der Waals surface area contributed by atoms with Gasteiger partial charge in [0, 0.05) is 30.0 Å². The van der Waals surface area contributed by atoms with Crippen molar-refractivity contribution < 1.29 is 50.6 Å². The summed E-state index contributed by atoms with van der Waals surface area (Å²) in [5.41, 5.74) is -2.57. The van der Waals surface area contributed by atoms with E-state index in [0.717, 1.165) is 0 Å². The van der Waals surface area contributed by atoms with Crippen molar-refractivity contribution >= 4 is 44.6 Å². The first-order valence-electron chi connectivity index (χ1n) is 19.0. The number of sulfonamides is 1. The molecule has 17 heteroatoms. The normalized spacial score (nSPS) is 29.2. The van der Waals surface area contributed by atoms with Gasteiger partial charge >= 0.3 is 6.09 Å². The molecule has 1 aromatic heterocycles. The number of allylic oxidation sites excluding steroid dienone is 1. The van der Waals surface area contributed by atoms with Crippen molar-refractivity contribution in [2.45, 2.75) is 114 Å². The molecule has 3 N–H and O–H groups in total. The number of carbonyl (C=O) groups excluding carboxylic acids is 4. The first-order chi connectivity index (χ1) is 26.3. The van der Waals surface area contributed by atoms with E-state index in [1.807, 2.05) is 19.9 Å². The Balaban J connectivity index is 1.36. The van der Waals surface area contributed by atoms with Gasteiger partial charge in [-0.05, 0) is 83.3 Å². The van der Waals surface area contributed by atoms with Crippen LogP contribution >= 0.6 is 0 Å². The SMILES string of the molecule is COc1cc(F)cc2c(OC3CC4C(=O)NC5(C(=O)NS(=O)(=O)C6(CF)CC6)CC5C=CCCC(C)CC(C)C(NC(=O)OC(C)(C)C)C(=O)N4C3)nccc12. The van der Waals surface area contributed by atoms with Crippen LogP contribution in [0.25, 0.3) is 10.8 Å². The van der Waals surface area contributed by atoms with Crippen molar-refractivity contribution in [1.29, 1.82) is 0 Å². The van der Waals surface area contributed by atoms with E-state index < -0.39 is 92.2 Å². The number of hydrogen-bond donors (Lipinski definition) is 3. The number of methoxy groups -OCH3 is 1. The molecule has 6 rings (SSSR count). The van der Waals surface area contributed by atoms with E-state index in [-0.39, 0.29) is 49.8 Å². The maximum Gasteiger partial charge on any atom is 0.408 e. The molecule has 14 nitrogen and oxygen atoms in total. The fourth-order valence-electron chi connectivity index (χ4n) is 7.80. The largest absolute Gasteiger partial charge is 0.496 e. The number of nitrogens with one attached hydrogen (secondary N) is 3. The number of aromatic nitrogens is 1. The van der Waals surface area contributed by atoms with Crippen LogP contribution in [0, 0.1) is 23.6 Å². The quantitative estimate of drug-likeness (QED) is 0.323. The highest BCUT2D eigenvalue weighted by molar-refractivity contribution is 7.91. The van der Waals surface area contributed by atoms with Crippen LogP contribution in [0.1, 0.15) is 79.6 Å². The zero-order valence-electron chi connectivity index (χ0n) is 32.5. The number of fused-ring (bicyclic) bond motifs is 3. The van der Waals surface area contributed by atoms with Crippen molar-refractivity contribution in [3.63, 3.8) is 0 Å². The fourth-order valence-corrected chi connectivity index (χ4v) is 9.22. The van der Waals surface area contributed by atoms with Gasteiger partial charge in [0.1, 0.15) is 52.3 Å². The third-order valence-corrected chi connectivity index (χ3v) is 13.3. The minimum Gasteiger partial charge on any atom is -0.496 e. The topological polar surface area (TPSA) is 182 Å². The first kappa shape index (κ1) is 41.1. The lowest BCUT2D eigenvalue weighted by Crippen LogP contribution is -2.59. The lowest BCUT2D eigenvalue weighted by atomic mass is 9.88. The molecular formula is C39H51F2N5O9S. The molecule has 306 valence electrons. The summed E-state index contributed by atoms with van der Waals surface area (Å²) in [7, 11) is -3.01. The lowest BCUT2D eigenvalue weighted by Gasteiger charge is -2.33. The second kappa shape index (κ2) is 15.4. The number of alkyl carbamates (subject to hydrolysis) is 1. The lowest BCUT2D eigenvalue weighted by molar-refractivity contribution is -0.142. The van der Waals surface area contributed by atoms with Crippen LogP contribution in [-0.4, -0.2) is 96.5 Å². The van der Waals surface area contributed by atoms with Crippen LogP contribution in [0.2, 0.25) is 0 Å². The minimum absolute atomic E-state index is 0.0295. The Kier molecular flexibility index (Phi) is 11.3. The molecule has 2 aliphatic carbocycles. The number of amides is 4. The number of pyridine rings is 1. The maximum absolute atomic E-state index is 14.7. The van der Waals surface area contributed by atoms with E-state index in [1.165, 1.54) is 30.3 Å². The number of benzene rings is 1. The Hall–Kier alpha value is -4.54. The Labute approximate surface area is 325 Å². The van der Waals surface area contributed by atoms with Crippen LogP contribution in [0.15, 0.2) is 36.5 Å². The van der Waals surface area contributed by atoms with Gasteiger partial charge in [0.15, 0.2) is 0 Å². The van der Waals surface area contributed by atoms with Crippen LogP contribution in [0.4, 0.5) is 13.6 Å². The Bertz CT molecular complexity index is 2020. The summed E-state index contributed by atoms with van der Waals surface area (Å²) in [4.78, 5) is 61.9. The average molecular weight is 804 g/mol. The predicted octanol–water partition coefficient (Wildman–Crippen LogP) is 4.46. The van der Waals surface area contributed by atoms with Gasteiger partial charge < -0.3 is 29.7 Å². The summed E-state index contributed by atoms with van der Waals surface area (Å²) in [6, 6.07) is 1.69. The average Bonchev–Trinajstić information content (AvgIpc) is 4.02. The number of carbonyl (C=O) groups is 4. The van der Waals surface area contributed by atoms with E-state index in [0.29, 0.717) is 30.0 Å². The number of hydrogen-bond acceptors (Lipinski definition) is 10. The van der Waals surface area contributed by atoms with Crippen molar-refractivity contribution in [1.82, 2.24) is 25.2 Å². The number of nitrogens with zero attached hydrogens (tertiary/aromatic N) is 2. The van der Waals surface area contributed by atoms with Crippen LogP contribution in [0.3, 0.4) is 0 Å². The molecular weight excluding hydrogens is 753 g/mol. The summed E-state index contributed by atoms with van der Waals surface area (Å²) in [6.07, 6.45) is 5.35. The highest BCUT2D eigenvalue weighted by Gasteiger charge is 2.64. The van der Waals surface area contributed by atoms with Gasteiger partial charge in [-0.3, -0.25) is 19.1 Å². The second-order valence-corrected chi connectivity index (χ2v) is 18.8. The molecule has 7 atom stereocenters. The van der Waals surface area contributed by atoms with Crippen LogP contribution in [-0.2, 0) is 29.1 Å². The van der Waals surface area contributed by atoms with E-state index >= 15 is 0 Å². The van der Waals surface area contributed by atoms with Gasteiger partial charge in [0.05, 0.1) is 19.0 Å². The number of alkyl halides is 1. The van der Waals surface area contributed by atoms with Crippen LogP contribution in [0.5, 0.6) is 11.6 Å². The van der Waals surface area contributed by atoms with Gasteiger partial charge in [0.25, 0.3) is 5.91 Å². The van der Waals surface area contributed by atoms with Crippen molar-refractivity contribution in [2.75, 3.05) is 20.3 Å². The molecule has 4 aliphatic rings. The van der Waals surface area contributed by atoms with E-state index in [9.17, 15) is 36.4 Å². The van der Waals surface area contributed by atoms with Gasteiger partial charge in [-0.2, -0.15) is 0 Å². The summed E-state index contributed by atoms with van der Waals surface area (Å²) in [6.45, 7) is 7.63. The molecule has 4 amide bonds. The molecule has 56 heavy (non-hydrogen) atoms. The minimum atomic E-state index is -4.41. The van der Waals surface area contributed by atoms with Crippen molar-refractivity contribution in [3.05, 3.63) is 42.4 Å². The monoisotopic (exact) mass is 803 g/mol. The van der Waals surface area contributed by atoms with E-state index in [4.69, 9.17) is 14.2 Å². The van der Waals surface area contributed by atoms with Crippen LogP contribution < -0.4 is 24.8 Å². The maximum atomic E-state index is 14.7.